The van der Waals surface area contributed by atoms with Crippen molar-refractivity contribution in [2.45, 2.75) is 6.92 Å². The summed E-state index contributed by atoms with van der Waals surface area (Å²) in [6.07, 6.45) is 3.48. The van der Waals surface area contributed by atoms with E-state index in [0.717, 1.165) is 22.9 Å². The van der Waals surface area contributed by atoms with Crippen LogP contribution in [0.4, 0.5) is 11.6 Å². The van der Waals surface area contributed by atoms with E-state index in [4.69, 9.17) is 4.74 Å². The maximum atomic E-state index is 5.18. The summed E-state index contributed by atoms with van der Waals surface area (Å²) in [7, 11) is 1.67. The second-order valence-corrected chi connectivity index (χ2v) is 3.25. The quantitative estimate of drug-likeness (QED) is 0.805. The van der Waals surface area contributed by atoms with Gasteiger partial charge in [0.2, 0.25) is 5.95 Å². The van der Waals surface area contributed by atoms with Gasteiger partial charge in [0.1, 0.15) is 5.75 Å². The molecule has 0 spiro atoms. The zero-order valence-electron chi connectivity index (χ0n) is 8.74. The molecule has 0 aliphatic rings. The molecule has 1 aromatic heterocycles. The molecule has 0 saturated carbocycles. The van der Waals surface area contributed by atoms with Crippen LogP contribution in [0.5, 0.6) is 5.75 Å². The average Bonchev–Trinajstić information content (AvgIpc) is 2.71. The van der Waals surface area contributed by atoms with E-state index in [1.165, 1.54) is 0 Å². The first-order valence-corrected chi connectivity index (χ1v) is 4.70. The number of ether oxygens (including phenoxy) is 1. The molecule has 0 unspecified atom stereocenters. The van der Waals surface area contributed by atoms with E-state index in [1.807, 2.05) is 25.1 Å². The van der Waals surface area contributed by atoms with Crippen LogP contribution >= 0.6 is 0 Å². The molecular formula is C11H13N3O. The summed E-state index contributed by atoms with van der Waals surface area (Å²) in [6, 6.07) is 5.90. The summed E-state index contributed by atoms with van der Waals surface area (Å²) >= 11 is 0. The van der Waals surface area contributed by atoms with Crippen molar-refractivity contribution in [1.29, 1.82) is 0 Å². The lowest BCUT2D eigenvalue weighted by Crippen LogP contribution is -1.94. The van der Waals surface area contributed by atoms with Gasteiger partial charge in [-0.15, -0.1) is 0 Å². The fourth-order valence-corrected chi connectivity index (χ4v) is 1.43. The monoisotopic (exact) mass is 203 g/mol. The number of imidazole rings is 1. The lowest BCUT2D eigenvalue weighted by Gasteiger charge is -2.07. The van der Waals surface area contributed by atoms with E-state index < -0.39 is 0 Å². The van der Waals surface area contributed by atoms with E-state index in [0.29, 0.717) is 0 Å². The van der Waals surface area contributed by atoms with Crippen LogP contribution < -0.4 is 10.1 Å². The molecule has 0 bridgehead atoms. The standard InChI is InChI=1S/C11H13N3O/c1-8-7-9(3-4-10(8)15-2)14-11-12-5-6-13-11/h3-7H,1-2H3,(H2,12,13,14). The molecule has 2 aromatic rings. The van der Waals surface area contributed by atoms with Crippen LogP contribution in [-0.4, -0.2) is 17.1 Å². The van der Waals surface area contributed by atoms with Gasteiger partial charge in [-0.05, 0) is 30.7 Å². The van der Waals surface area contributed by atoms with Crippen molar-refractivity contribution < 1.29 is 4.74 Å². The smallest absolute Gasteiger partial charge is 0.204 e. The third-order valence-electron chi connectivity index (χ3n) is 2.16. The number of nitrogens with one attached hydrogen (secondary N) is 2. The molecule has 0 aliphatic heterocycles. The van der Waals surface area contributed by atoms with Crippen molar-refractivity contribution >= 4 is 11.6 Å². The first-order valence-electron chi connectivity index (χ1n) is 4.70. The normalized spacial score (nSPS) is 10.0. The van der Waals surface area contributed by atoms with Crippen LogP contribution in [0.15, 0.2) is 30.6 Å². The van der Waals surface area contributed by atoms with E-state index in [1.54, 1.807) is 19.5 Å². The van der Waals surface area contributed by atoms with Gasteiger partial charge in [0.25, 0.3) is 0 Å². The fourth-order valence-electron chi connectivity index (χ4n) is 1.43. The Hall–Kier alpha value is -1.97. The van der Waals surface area contributed by atoms with E-state index in [9.17, 15) is 0 Å². The summed E-state index contributed by atoms with van der Waals surface area (Å²) in [4.78, 5) is 7.07. The molecule has 4 nitrogen and oxygen atoms in total. The molecule has 78 valence electrons. The number of hydrogen-bond acceptors (Lipinski definition) is 3. The number of nitrogens with zero attached hydrogens (tertiary/aromatic N) is 1. The summed E-state index contributed by atoms with van der Waals surface area (Å²) in [5.41, 5.74) is 2.08. The molecule has 1 heterocycles. The maximum Gasteiger partial charge on any atom is 0.204 e. The lowest BCUT2D eigenvalue weighted by molar-refractivity contribution is 0.412. The first-order chi connectivity index (χ1) is 7.29. The van der Waals surface area contributed by atoms with Crippen molar-refractivity contribution in [3.05, 3.63) is 36.2 Å². The number of H-pyrrole nitrogens is 1. The van der Waals surface area contributed by atoms with E-state index >= 15 is 0 Å². The predicted octanol–water partition coefficient (Wildman–Crippen LogP) is 2.47. The van der Waals surface area contributed by atoms with Crippen molar-refractivity contribution in [2.24, 2.45) is 0 Å². The molecule has 0 atom stereocenters. The van der Waals surface area contributed by atoms with Crippen molar-refractivity contribution in [1.82, 2.24) is 9.97 Å². The first kappa shape index (κ1) is 9.58. The molecule has 4 heteroatoms. The Labute approximate surface area is 88.3 Å². The Kier molecular flexibility index (Phi) is 2.58. The van der Waals surface area contributed by atoms with Gasteiger partial charge in [-0.2, -0.15) is 0 Å². The number of rotatable bonds is 3. The van der Waals surface area contributed by atoms with Gasteiger partial charge in [-0.3, -0.25) is 0 Å². The number of hydrogen-bond donors (Lipinski definition) is 2. The van der Waals surface area contributed by atoms with Crippen LogP contribution in [0.1, 0.15) is 5.56 Å². The van der Waals surface area contributed by atoms with E-state index in [-0.39, 0.29) is 0 Å². The van der Waals surface area contributed by atoms with Crippen LogP contribution in [0.3, 0.4) is 0 Å². The molecule has 2 rings (SSSR count). The van der Waals surface area contributed by atoms with Crippen LogP contribution in [0, 0.1) is 6.92 Å². The van der Waals surface area contributed by atoms with Crippen molar-refractivity contribution in [3.8, 4) is 5.75 Å². The highest BCUT2D eigenvalue weighted by atomic mass is 16.5. The van der Waals surface area contributed by atoms with Gasteiger partial charge in [0.15, 0.2) is 0 Å². The molecule has 0 radical (unpaired) electrons. The molecule has 15 heavy (non-hydrogen) atoms. The van der Waals surface area contributed by atoms with Crippen molar-refractivity contribution in [2.75, 3.05) is 12.4 Å². The summed E-state index contributed by atoms with van der Waals surface area (Å²) in [5, 5.41) is 3.15. The van der Waals surface area contributed by atoms with Crippen LogP contribution in [0.2, 0.25) is 0 Å². The predicted molar refractivity (Wildman–Crippen MR) is 59.6 cm³/mol. The second-order valence-electron chi connectivity index (χ2n) is 3.25. The van der Waals surface area contributed by atoms with Gasteiger partial charge < -0.3 is 15.0 Å². The van der Waals surface area contributed by atoms with Crippen LogP contribution in [-0.2, 0) is 0 Å². The number of anilines is 2. The Bertz CT molecular complexity index is 437. The SMILES string of the molecule is COc1ccc(Nc2ncc[nH]2)cc1C. The minimum atomic E-state index is 0.736. The molecule has 2 N–H and O–H groups in total. The van der Waals surface area contributed by atoms with Gasteiger partial charge in [-0.25, -0.2) is 4.98 Å². The van der Waals surface area contributed by atoms with Crippen LogP contribution in [0.25, 0.3) is 0 Å². The van der Waals surface area contributed by atoms with Gasteiger partial charge >= 0.3 is 0 Å². The minimum absolute atomic E-state index is 0.736. The third kappa shape index (κ3) is 2.10. The highest BCUT2D eigenvalue weighted by molar-refractivity contribution is 5.56. The zero-order valence-corrected chi connectivity index (χ0v) is 8.74. The molecular weight excluding hydrogens is 190 g/mol. The Morgan fingerprint density at radius 3 is 2.87 bits per heavy atom. The number of aryl methyl sites for hydroxylation is 1. The average molecular weight is 203 g/mol. The summed E-state index contributed by atoms with van der Waals surface area (Å²) < 4.78 is 5.18. The molecule has 0 amide bonds. The number of methoxy groups -OCH3 is 1. The molecule has 0 aliphatic carbocycles. The highest BCUT2D eigenvalue weighted by Gasteiger charge is 2.00. The number of aromatic nitrogens is 2. The number of benzene rings is 1. The number of aromatic amines is 1. The fraction of sp³-hybridized carbons (Fsp3) is 0.182. The minimum Gasteiger partial charge on any atom is -0.496 e. The molecule has 0 fully saturated rings. The Balaban J connectivity index is 2.20. The molecule has 1 aromatic carbocycles. The van der Waals surface area contributed by atoms with E-state index in [2.05, 4.69) is 15.3 Å². The van der Waals surface area contributed by atoms with Gasteiger partial charge in [0, 0.05) is 18.1 Å². The third-order valence-corrected chi connectivity index (χ3v) is 2.16. The molecule has 0 saturated heterocycles. The topological polar surface area (TPSA) is 49.9 Å². The maximum absolute atomic E-state index is 5.18. The summed E-state index contributed by atoms with van der Waals surface area (Å²) in [5.74, 6) is 1.62. The van der Waals surface area contributed by atoms with Crippen molar-refractivity contribution in [3.63, 3.8) is 0 Å². The lowest BCUT2D eigenvalue weighted by atomic mass is 10.2. The largest absolute Gasteiger partial charge is 0.496 e. The second kappa shape index (κ2) is 4.04. The van der Waals surface area contributed by atoms with Gasteiger partial charge in [-0.1, -0.05) is 0 Å². The van der Waals surface area contributed by atoms with Gasteiger partial charge in [0.05, 0.1) is 7.11 Å². The highest BCUT2D eigenvalue weighted by Crippen LogP contribution is 2.22. The Morgan fingerprint density at radius 1 is 1.40 bits per heavy atom. The zero-order chi connectivity index (χ0) is 10.7. The summed E-state index contributed by atoms with van der Waals surface area (Å²) in [6.45, 7) is 2.01. The Morgan fingerprint density at radius 2 is 2.27 bits per heavy atom.